The summed E-state index contributed by atoms with van der Waals surface area (Å²) in [4.78, 5) is 61.9. The summed E-state index contributed by atoms with van der Waals surface area (Å²) in [6.07, 6.45) is 4.87. The minimum absolute atomic E-state index is 0.0263. The number of fused-ring (bicyclic) bond motifs is 2. The van der Waals surface area contributed by atoms with Crippen LogP contribution in [0, 0.1) is 11.6 Å². The SMILES string of the molecule is CC(C)(C)OC(=O)NCc1cccc(-c2cccc(-n3c(=O)n(C4CCC(NC(=O)c5cn6cc(F)ccc6n5)CC4)c(=O)c4cc(F)cnc43)c2)c1. The second-order valence-electron chi connectivity index (χ2n) is 14.1. The Morgan fingerprint density at radius 3 is 2.40 bits per heavy atom. The Bertz CT molecular complexity index is 2490. The predicted octanol–water partition coefficient (Wildman–Crippen LogP) is 6.08. The van der Waals surface area contributed by atoms with Crippen molar-refractivity contribution in [3.05, 3.63) is 129 Å². The van der Waals surface area contributed by atoms with E-state index in [1.165, 1.54) is 38.1 Å². The lowest BCUT2D eigenvalue weighted by atomic mass is 9.90. The first-order valence-electron chi connectivity index (χ1n) is 17.3. The van der Waals surface area contributed by atoms with Crippen LogP contribution < -0.4 is 21.9 Å². The van der Waals surface area contributed by atoms with Gasteiger partial charge in [0.05, 0.1) is 17.3 Å². The third-order valence-electron chi connectivity index (χ3n) is 9.14. The number of halogens is 2. The largest absolute Gasteiger partial charge is 0.444 e. The highest BCUT2D eigenvalue weighted by Crippen LogP contribution is 2.29. The van der Waals surface area contributed by atoms with Gasteiger partial charge in [-0.1, -0.05) is 30.3 Å². The number of hydrogen-bond acceptors (Lipinski definition) is 7. The number of aromatic nitrogens is 5. The van der Waals surface area contributed by atoms with Crippen LogP contribution in [0.25, 0.3) is 33.5 Å². The summed E-state index contributed by atoms with van der Waals surface area (Å²) >= 11 is 0. The highest BCUT2D eigenvalue weighted by Gasteiger charge is 2.29. The number of ether oxygens (including phenoxy) is 1. The smallest absolute Gasteiger partial charge is 0.407 e. The molecular weight excluding hydrogens is 684 g/mol. The summed E-state index contributed by atoms with van der Waals surface area (Å²) in [7, 11) is 0. The summed E-state index contributed by atoms with van der Waals surface area (Å²) in [6, 6.07) is 17.8. The number of nitrogens with zero attached hydrogens (tertiary/aromatic N) is 5. The maximum Gasteiger partial charge on any atom is 0.407 e. The monoisotopic (exact) mass is 721 g/mol. The number of amides is 2. The third-order valence-corrected chi connectivity index (χ3v) is 9.14. The molecular formula is C39H37F2N7O5. The maximum absolute atomic E-state index is 14.5. The lowest BCUT2D eigenvalue weighted by Crippen LogP contribution is -2.45. The fourth-order valence-corrected chi connectivity index (χ4v) is 6.72. The molecule has 0 saturated heterocycles. The Hall–Kier alpha value is -6.18. The number of imidazole rings is 1. The van der Waals surface area contributed by atoms with Gasteiger partial charge in [0.2, 0.25) is 0 Å². The minimum Gasteiger partial charge on any atom is -0.444 e. The second-order valence-corrected chi connectivity index (χ2v) is 14.1. The van der Waals surface area contributed by atoms with E-state index in [4.69, 9.17) is 4.74 Å². The lowest BCUT2D eigenvalue weighted by Gasteiger charge is -2.30. The minimum atomic E-state index is -0.710. The van der Waals surface area contributed by atoms with Gasteiger partial charge < -0.3 is 19.8 Å². The van der Waals surface area contributed by atoms with E-state index in [0.29, 0.717) is 37.0 Å². The van der Waals surface area contributed by atoms with Crippen LogP contribution in [0.15, 0.2) is 94.9 Å². The van der Waals surface area contributed by atoms with Crippen LogP contribution in [0.4, 0.5) is 13.6 Å². The van der Waals surface area contributed by atoms with Crippen LogP contribution in [0.1, 0.15) is 68.5 Å². The van der Waals surface area contributed by atoms with Gasteiger partial charge in [-0.2, -0.15) is 0 Å². The van der Waals surface area contributed by atoms with Crippen LogP contribution in [0.3, 0.4) is 0 Å². The van der Waals surface area contributed by atoms with Gasteiger partial charge in [-0.3, -0.25) is 14.2 Å². The van der Waals surface area contributed by atoms with E-state index >= 15 is 0 Å². The number of benzene rings is 2. The summed E-state index contributed by atoms with van der Waals surface area (Å²) in [5.41, 5.74) is 1.55. The average Bonchev–Trinajstić information content (AvgIpc) is 3.55. The molecule has 7 rings (SSSR count). The van der Waals surface area contributed by atoms with Gasteiger partial charge >= 0.3 is 11.8 Å². The van der Waals surface area contributed by atoms with Crippen LogP contribution in [-0.4, -0.2) is 47.1 Å². The molecule has 1 saturated carbocycles. The van der Waals surface area contributed by atoms with E-state index in [0.717, 1.165) is 29.0 Å². The molecule has 0 bridgehead atoms. The van der Waals surface area contributed by atoms with E-state index in [-0.39, 0.29) is 29.3 Å². The quantitative estimate of drug-likeness (QED) is 0.204. The first-order chi connectivity index (χ1) is 25.3. The molecule has 0 spiro atoms. The van der Waals surface area contributed by atoms with Gasteiger partial charge in [0.15, 0.2) is 5.65 Å². The maximum atomic E-state index is 14.5. The second kappa shape index (κ2) is 14.1. The molecule has 0 radical (unpaired) electrons. The molecule has 2 N–H and O–H groups in total. The number of pyridine rings is 2. The van der Waals surface area contributed by atoms with Crippen LogP contribution in [-0.2, 0) is 11.3 Å². The Morgan fingerprint density at radius 2 is 1.64 bits per heavy atom. The fraction of sp³-hybridized carbons (Fsp3) is 0.282. The molecule has 0 atom stereocenters. The Labute approximate surface area is 302 Å². The van der Waals surface area contributed by atoms with E-state index in [1.807, 2.05) is 30.3 Å². The standard InChI is InChI=1S/C39H37F2N7O5/c1-39(2,3)53-37(51)43-19-23-6-4-7-24(16-23)25-8-5-9-30(17-25)47-34-31(18-27(41)20-42-34)36(50)48(38(47)52)29-13-11-28(12-14-29)44-35(49)32-22-46-21-26(40)10-15-33(46)45-32/h4-10,15-18,20-22,28-29H,11-14,19H2,1-3H3,(H,43,51)(H,44,49). The Morgan fingerprint density at radius 1 is 0.906 bits per heavy atom. The molecule has 0 aliphatic heterocycles. The van der Waals surface area contributed by atoms with Gasteiger partial charge in [-0.25, -0.2) is 32.9 Å². The molecule has 1 aliphatic rings. The molecule has 0 unspecified atom stereocenters. The topological polar surface area (TPSA) is 142 Å². The number of carbonyl (C=O) groups is 2. The molecule has 1 fully saturated rings. The van der Waals surface area contributed by atoms with Crippen LogP contribution in [0.5, 0.6) is 0 Å². The summed E-state index contributed by atoms with van der Waals surface area (Å²) in [5, 5.41) is 5.69. The molecule has 6 aromatic rings. The van der Waals surface area contributed by atoms with E-state index in [9.17, 15) is 28.0 Å². The Balaban J connectivity index is 1.15. The van der Waals surface area contributed by atoms with Gasteiger partial charge in [0.1, 0.15) is 28.6 Å². The molecule has 272 valence electrons. The zero-order valence-corrected chi connectivity index (χ0v) is 29.3. The molecule has 53 heavy (non-hydrogen) atoms. The summed E-state index contributed by atoms with van der Waals surface area (Å²) < 4.78 is 37.5. The van der Waals surface area contributed by atoms with Gasteiger partial charge in [0, 0.05) is 31.0 Å². The highest BCUT2D eigenvalue weighted by atomic mass is 19.1. The van der Waals surface area contributed by atoms with Crippen molar-refractivity contribution >= 4 is 28.7 Å². The first-order valence-corrected chi connectivity index (χ1v) is 17.3. The molecule has 4 heterocycles. The first kappa shape index (κ1) is 35.2. The average molecular weight is 722 g/mol. The number of carbonyl (C=O) groups excluding carboxylic acids is 2. The number of hydrogen-bond donors (Lipinski definition) is 2. The van der Waals surface area contributed by atoms with Crippen molar-refractivity contribution in [2.24, 2.45) is 0 Å². The lowest BCUT2D eigenvalue weighted by molar-refractivity contribution is 0.0523. The molecule has 2 aromatic carbocycles. The number of alkyl carbamates (subject to hydrolysis) is 1. The molecule has 14 heteroatoms. The van der Waals surface area contributed by atoms with Crippen molar-refractivity contribution in [3.8, 4) is 16.8 Å². The highest BCUT2D eigenvalue weighted by molar-refractivity contribution is 5.93. The van der Waals surface area contributed by atoms with Crippen molar-refractivity contribution < 1.29 is 23.1 Å². The van der Waals surface area contributed by atoms with Crippen LogP contribution >= 0.6 is 0 Å². The van der Waals surface area contributed by atoms with Gasteiger partial charge in [-0.15, -0.1) is 0 Å². The van der Waals surface area contributed by atoms with Crippen molar-refractivity contribution in [1.29, 1.82) is 0 Å². The van der Waals surface area contributed by atoms with Crippen molar-refractivity contribution in [1.82, 2.24) is 34.1 Å². The molecule has 4 aromatic heterocycles. The Kier molecular flexibility index (Phi) is 9.37. The fourth-order valence-electron chi connectivity index (χ4n) is 6.72. The van der Waals surface area contributed by atoms with E-state index in [1.54, 1.807) is 39.0 Å². The summed E-state index contributed by atoms with van der Waals surface area (Å²) in [5.74, 6) is -1.57. The normalized spacial score (nSPS) is 16.1. The zero-order chi connectivity index (χ0) is 37.4. The van der Waals surface area contributed by atoms with Crippen molar-refractivity contribution in [2.75, 3.05) is 0 Å². The summed E-state index contributed by atoms with van der Waals surface area (Å²) in [6.45, 7) is 5.60. The molecule has 2 amide bonds. The van der Waals surface area contributed by atoms with Crippen LogP contribution in [0.2, 0.25) is 0 Å². The van der Waals surface area contributed by atoms with Gasteiger partial charge in [0.25, 0.3) is 11.5 Å². The molecule has 12 nitrogen and oxygen atoms in total. The van der Waals surface area contributed by atoms with E-state index < -0.39 is 46.5 Å². The van der Waals surface area contributed by atoms with E-state index in [2.05, 4.69) is 20.6 Å². The van der Waals surface area contributed by atoms with Crippen molar-refractivity contribution in [2.45, 2.75) is 70.7 Å². The zero-order valence-electron chi connectivity index (χ0n) is 29.3. The number of nitrogens with one attached hydrogen (secondary N) is 2. The molecule has 1 aliphatic carbocycles. The van der Waals surface area contributed by atoms with Crippen molar-refractivity contribution in [3.63, 3.8) is 0 Å². The van der Waals surface area contributed by atoms with Gasteiger partial charge in [-0.05, 0) is 99.5 Å². The number of rotatable bonds is 7. The predicted molar refractivity (Wildman–Crippen MR) is 194 cm³/mol. The third kappa shape index (κ3) is 7.57.